The molecule has 0 spiro atoms. The molecule has 4 heteroatoms. The van der Waals surface area contributed by atoms with Crippen molar-refractivity contribution in [3.8, 4) is 0 Å². The molecule has 3 rings (SSSR count). The lowest BCUT2D eigenvalue weighted by molar-refractivity contribution is 0.202. The highest BCUT2D eigenvalue weighted by Crippen LogP contribution is 2.30. The number of nitrogens with two attached hydrogens (primary N) is 1. The Balaban J connectivity index is 1.89. The van der Waals surface area contributed by atoms with E-state index < -0.39 is 0 Å². The van der Waals surface area contributed by atoms with Crippen LogP contribution in [-0.2, 0) is 0 Å². The molecule has 2 aliphatic heterocycles. The maximum absolute atomic E-state index is 6.10. The number of anilines is 1. The van der Waals surface area contributed by atoms with Crippen molar-refractivity contribution in [1.29, 1.82) is 0 Å². The molecular formula is C15H24N4. The van der Waals surface area contributed by atoms with Crippen LogP contribution in [-0.4, -0.2) is 41.6 Å². The van der Waals surface area contributed by atoms with E-state index in [0.29, 0.717) is 12.1 Å². The first-order chi connectivity index (χ1) is 9.16. The van der Waals surface area contributed by atoms with Gasteiger partial charge in [0, 0.05) is 43.0 Å². The van der Waals surface area contributed by atoms with Crippen LogP contribution < -0.4 is 10.6 Å². The Bertz CT molecular complexity index is 446. The van der Waals surface area contributed by atoms with Crippen molar-refractivity contribution in [1.82, 2.24) is 9.88 Å². The summed E-state index contributed by atoms with van der Waals surface area (Å²) < 4.78 is 0. The maximum atomic E-state index is 6.10. The fraction of sp³-hybridized carbons (Fsp3) is 0.667. The number of aromatic nitrogens is 1. The lowest BCUT2D eigenvalue weighted by Gasteiger charge is -2.43. The molecule has 3 unspecified atom stereocenters. The zero-order chi connectivity index (χ0) is 13.4. The van der Waals surface area contributed by atoms with Crippen molar-refractivity contribution in [2.45, 2.75) is 44.8 Å². The molecule has 3 atom stereocenters. The fourth-order valence-corrected chi connectivity index (χ4v) is 3.49. The van der Waals surface area contributed by atoms with Crippen LogP contribution in [0.15, 0.2) is 18.3 Å². The van der Waals surface area contributed by atoms with E-state index in [1.165, 1.54) is 24.9 Å². The molecule has 0 aliphatic carbocycles. The van der Waals surface area contributed by atoms with Crippen LogP contribution in [0.2, 0.25) is 0 Å². The molecule has 0 bridgehead atoms. The van der Waals surface area contributed by atoms with Crippen LogP contribution >= 0.6 is 0 Å². The smallest absolute Gasteiger partial charge is 0.133 e. The SMILES string of the molecule is CC(N)c1cccnc1N1CC2CCCN2CC1C. The lowest BCUT2D eigenvalue weighted by atomic mass is 10.0. The summed E-state index contributed by atoms with van der Waals surface area (Å²) >= 11 is 0. The standard InChI is InChI=1S/C15H24N4/c1-11-9-18-8-4-5-13(18)10-19(11)15-14(12(2)16)6-3-7-17-15/h3,6-7,11-13H,4-5,8-10,16H2,1-2H3. The van der Waals surface area contributed by atoms with Gasteiger partial charge in [-0.25, -0.2) is 4.98 Å². The minimum Gasteiger partial charge on any atom is -0.351 e. The normalized spacial score (nSPS) is 29.3. The third-order valence-electron chi connectivity index (χ3n) is 4.52. The molecule has 0 radical (unpaired) electrons. The quantitative estimate of drug-likeness (QED) is 0.880. The van der Waals surface area contributed by atoms with E-state index in [9.17, 15) is 0 Å². The largest absolute Gasteiger partial charge is 0.351 e. The van der Waals surface area contributed by atoms with E-state index in [1.54, 1.807) is 0 Å². The Morgan fingerprint density at radius 1 is 1.42 bits per heavy atom. The molecule has 2 aliphatic rings. The Labute approximate surface area is 115 Å². The monoisotopic (exact) mass is 260 g/mol. The summed E-state index contributed by atoms with van der Waals surface area (Å²) in [5.74, 6) is 1.09. The summed E-state index contributed by atoms with van der Waals surface area (Å²) in [7, 11) is 0. The van der Waals surface area contributed by atoms with E-state index >= 15 is 0 Å². The van der Waals surface area contributed by atoms with Crippen molar-refractivity contribution in [2.24, 2.45) is 5.73 Å². The highest BCUT2D eigenvalue weighted by Gasteiger charge is 2.35. The van der Waals surface area contributed by atoms with Crippen molar-refractivity contribution in [2.75, 3.05) is 24.5 Å². The maximum Gasteiger partial charge on any atom is 0.133 e. The Morgan fingerprint density at radius 3 is 3.05 bits per heavy atom. The number of nitrogens with zero attached hydrogens (tertiary/aromatic N) is 3. The first kappa shape index (κ1) is 12.9. The van der Waals surface area contributed by atoms with Gasteiger partial charge in [0.05, 0.1) is 0 Å². The van der Waals surface area contributed by atoms with Gasteiger partial charge in [-0.15, -0.1) is 0 Å². The van der Waals surface area contributed by atoms with E-state index in [1.807, 2.05) is 19.2 Å². The number of hydrogen-bond donors (Lipinski definition) is 1. The van der Waals surface area contributed by atoms with Crippen LogP contribution in [0.5, 0.6) is 0 Å². The summed E-state index contributed by atoms with van der Waals surface area (Å²) in [6.07, 6.45) is 4.55. The molecule has 19 heavy (non-hydrogen) atoms. The predicted molar refractivity (Wildman–Crippen MR) is 78.2 cm³/mol. The zero-order valence-electron chi connectivity index (χ0n) is 11.9. The van der Waals surface area contributed by atoms with Gasteiger partial charge >= 0.3 is 0 Å². The number of pyridine rings is 1. The third kappa shape index (κ3) is 2.35. The Morgan fingerprint density at radius 2 is 2.26 bits per heavy atom. The molecule has 2 fully saturated rings. The summed E-state index contributed by atoms with van der Waals surface area (Å²) in [4.78, 5) is 9.71. The summed E-state index contributed by atoms with van der Waals surface area (Å²) in [5.41, 5.74) is 7.26. The first-order valence-corrected chi connectivity index (χ1v) is 7.38. The van der Waals surface area contributed by atoms with Crippen molar-refractivity contribution >= 4 is 5.82 Å². The highest BCUT2D eigenvalue weighted by atomic mass is 15.3. The molecule has 4 nitrogen and oxygen atoms in total. The summed E-state index contributed by atoms with van der Waals surface area (Å²) in [6, 6.07) is 5.36. The Hall–Kier alpha value is -1.13. The second-order valence-electron chi connectivity index (χ2n) is 6.00. The molecule has 1 aromatic rings. The predicted octanol–water partition coefficient (Wildman–Crippen LogP) is 1.77. The molecular weight excluding hydrogens is 236 g/mol. The molecule has 3 heterocycles. The lowest BCUT2D eigenvalue weighted by Crippen LogP contribution is -2.55. The average Bonchev–Trinajstić information content (AvgIpc) is 2.84. The third-order valence-corrected chi connectivity index (χ3v) is 4.52. The number of fused-ring (bicyclic) bond motifs is 1. The fourth-order valence-electron chi connectivity index (χ4n) is 3.49. The van der Waals surface area contributed by atoms with Gasteiger partial charge in [0.15, 0.2) is 0 Å². The van der Waals surface area contributed by atoms with E-state index in [4.69, 9.17) is 5.73 Å². The molecule has 0 amide bonds. The van der Waals surface area contributed by atoms with Crippen LogP contribution in [0.1, 0.15) is 38.3 Å². The minimum atomic E-state index is 0.0394. The second kappa shape index (κ2) is 5.10. The van der Waals surface area contributed by atoms with E-state index in [-0.39, 0.29) is 6.04 Å². The topological polar surface area (TPSA) is 45.4 Å². The van der Waals surface area contributed by atoms with Crippen LogP contribution in [0.25, 0.3) is 0 Å². The van der Waals surface area contributed by atoms with Crippen molar-refractivity contribution in [3.05, 3.63) is 23.9 Å². The molecule has 104 valence electrons. The molecule has 1 aromatic heterocycles. The zero-order valence-corrected chi connectivity index (χ0v) is 11.9. The van der Waals surface area contributed by atoms with Gasteiger partial charge in [-0.1, -0.05) is 6.07 Å². The molecule has 0 saturated carbocycles. The van der Waals surface area contributed by atoms with E-state index in [2.05, 4.69) is 27.8 Å². The van der Waals surface area contributed by atoms with Gasteiger partial charge in [0.2, 0.25) is 0 Å². The van der Waals surface area contributed by atoms with Crippen molar-refractivity contribution < 1.29 is 0 Å². The van der Waals surface area contributed by atoms with Gasteiger partial charge < -0.3 is 10.6 Å². The van der Waals surface area contributed by atoms with Crippen LogP contribution in [0.4, 0.5) is 5.82 Å². The molecule has 2 N–H and O–H groups in total. The van der Waals surface area contributed by atoms with Gasteiger partial charge in [0.25, 0.3) is 0 Å². The van der Waals surface area contributed by atoms with Gasteiger partial charge in [0.1, 0.15) is 5.82 Å². The van der Waals surface area contributed by atoms with Crippen LogP contribution in [0, 0.1) is 0 Å². The van der Waals surface area contributed by atoms with Crippen LogP contribution in [0.3, 0.4) is 0 Å². The average molecular weight is 260 g/mol. The van der Waals surface area contributed by atoms with Gasteiger partial charge in [-0.05, 0) is 39.3 Å². The Kier molecular flexibility index (Phi) is 3.46. The first-order valence-electron chi connectivity index (χ1n) is 7.38. The molecule has 0 aromatic carbocycles. The molecule has 2 saturated heterocycles. The van der Waals surface area contributed by atoms with Gasteiger partial charge in [-0.3, -0.25) is 4.90 Å². The summed E-state index contributed by atoms with van der Waals surface area (Å²) in [6.45, 7) is 7.86. The summed E-state index contributed by atoms with van der Waals surface area (Å²) in [5, 5.41) is 0. The van der Waals surface area contributed by atoms with Gasteiger partial charge in [-0.2, -0.15) is 0 Å². The van der Waals surface area contributed by atoms with E-state index in [0.717, 1.165) is 18.9 Å². The second-order valence-corrected chi connectivity index (χ2v) is 6.00. The highest BCUT2D eigenvalue weighted by molar-refractivity contribution is 5.50. The van der Waals surface area contributed by atoms with Crippen molar-refractivity contribution in [3.63, 3.8) is 0 Å². The number of rotatable bonds is 2. The minimum absolute atomic E-state index is 0.0394. The number of piperazine rings is 1. The number of hydrogen-bond acceptors (Lipinski definition) is 4.